The number of benzene rings is 1. The average Bonchev–Trinajstić information content (AvgIpc) is 2.51. The van der Waals surface area contributed by atoms with Crippen molar-refractivity contribution in [1.29, 1.82) is 0 Å². The number of hydrogen-bond donors (Lipinski definition) is 3. The molecule has 0 radical (unpaired) electrons. The number of nitrogens with one attached hydrogen (secondary N) is 1. The van der Waals surface area contributed by atoms with Gasteiger partial charge in [-0.15, -0.1) is 0 Å². The third kappa shape index (κ3) is 1.39. The van der Waals surface area contributed by atoms with Crippen molar-refractivity contribution in [3.8, 4) is 17.0 Å². The molecule has 0 aliphatic rings. The van der Waals surface area contributed by atoms with Crippen molar-refractivity contribution >= 4 is 5.82 Å². The minimum Gasteiger partial charge on any atom is -0.508 e. The van der Waals surface area contributed by atoms with E-state index in [2.05, 4.69) is 10.2 Å². The average molecular weight is 193 g/mol. The van der Waals surface area contributed by atoms with E-state index < -0.39 is 5.82 Å². The molecule has 1 aromatic carbocycles. The Morgan fingerprint density at radius 1 is 1.36 bits per heavy atom. The molecule has 0 fully saturated rings. The van der Waals surface area contributed by atoms with Gasteiger partial charge in [-0.2, -0.15) is 5.10 Å². The fourth-order valence-corrected chi connectivity index (χ4v) is 1.20. The molecule has 2 rings (SSSR count). The molecule has 4 nitrogen and oxygen atoms in total. The number of anilines is 1. The zero-order valence-corrected chi connectivity index (χ0v) is 7.16. The van der Waals surface area contributed by atoms with Gasteiger partial charge in [0, 0.05) is 17.7 Å². The maximum Gasteiger partial charge on any atom is 0.145 e. The fourth-order valence-electron chi connectivity index (χ4n) is 1.20. The SMILES string of the molecule is Nc1cc(-c2ccc(O)cc2F)[nH]n1. The van der Waals surface area contributed by atoms with Crippen molar-refractivity contribution in [2.45, 2.75) is 0 Å². The smallest absolute Gasteiger partial charge is 0.145 e. The lowest BCUT2D eigenvalue weighted by molar-refractivity contribution is 0.469. The van der Waals surface area contributed by atoms with E-state index in [1.165, 1.54) is 18.2 Å². The van der Waals surface area contributed by atoms with Gasteiger partial charge in [0.1, 0.15) is 17.4 Å². The van der Waals surface area contributed by atoms with Gasteiger partial charge in [0.25, 0.3) is 0 Å². The largest absolute Gasteiger partial charge is 0.508 e. The highest BCUT2D eigenvalue weighted by atomic mass is 19.1. The summed E-state index contributed by atoms with van der Waals surface area (Å²) >= 11 is 0. The summed E-state index contributed by atoms with van der Waals surface area (Å²) in [6.45, 7) is 0. The summed E-state index contributed by atoms with van der Waals surface area (Å²) in [6, 6.07) is 5.41. The maximum atomic E-state index is 13.3. The summed E-state index contributed by atoms with van der Waals surface area (Å²) in [6.07, 6.45) is 0. The van der Waals surface area contributed by atoms with E-state index >= 15 is 0 Å². The zero-order valence-electron chi connectivity index (χ0n) is 7.16. The molecule has 0 unspecified atom stereocenters. The Bertz CT molecular complexity index is 467. The molecule has 0 saturated heterocycles. The summed E-state index contributed by atoms with van der Waals surface area (Å²) in [7, 11) is 0. The molecule has 1 aromatic heterocycles. The molecule has 14 heavy (non-hydrogen) atoms. The van der Waals surface area contributed by atoms with Gasteiger partial charge < -0.3 is 10.8 Å². The van der Waals surface area contributed by atoms with Gasteiger partial charge in [0.15, 0.2) is 0 Å². The van der Waals surface area contributed by atoms with Crippen LogP contribution in [0.1, 0.15) is 0 Å². The lowest BCUT2D eigenvalue weighted by Crippen LogP contribution is -1.83. The van der Waals surface area contributed by atoms with Crippen LogP contribution in [0.5, 0.6) is 5.75 Å². The quantitative estimate of drug-likeness (QED) is 0.642. The predicted octanol–water partition coefficient (Wildman–Crippen LogP) is 1.50. The Balaban J connectivity index is 2.52. The first-order valence-corrected chi connectivity index (χ1v) is 3.96. The number of nitrogen functional groups attached to an aromatic ring is 1. The van der Waals surface area contributed by atoms with Crippen LogP contribution in [0.4, 0.5) is 10.2 Å². The molecule has 1 heterocycles. The van der Waals surface area contributed by atoms with Crippen LogP contribution in [0.3, 0.4) is 0 Å². The van der Waals surface area contributed by atoms with Crippen molar-refractivity contribution < 1.29 is 9.50 Å². The highest BCUT2D eigenvalue weighted by Crippen LogP contribution is 2.24. The molecule has 0 aliphatic carbocycles. The second-order valence-corrected chi connectivity index (χ2v) is 2.87. The van der Waals surface area contributed by atoms with Crippen LogP contribution >= 0.6 is 0 Å². The predicted molar refractivity (Wildman–Crippen MR) is 50.1 cm³/mol. The van der Waals surface area contributed by atoms with Gasteiger partial charge in [0.05, 0.1) is 5.69 Å². The lowest BCUT2D eigenvalue weighted by Gasteiger charge is -1.99. The van der Waals surface area contributed by atoms with Crippen molar-refractivity contribution in [3.05, 3.63) is 30.1 Å². The molecule has 0 atom stereocenters. The number of rotatable bonds is 1. The molecule has 0 aliphatic heterocycles. The Morgan fingerprint density at radius 2 is 2.14 bits per heavy atom. The van der Waals surface area contributed by atoms with E-state index in [0.717, 1.165) is 6.07 Å². The third-order valence-corrected chi connectivity index (χ3v) is 1.84. The molecule has 0 spiro atoms. The zero-order chi connectivity index (χ0) is 10.1. The summed E-state index contributed by atoms with van der Waals surface area (Å²) in [4.78, 5) is 0. The van der Waals surface area contributed by atoms with Crippen LogP contribution in [0.25, 0.3) is 11.3 Å². The molecular formula is C9H8FN3O. The molecule has 0 amide bonds. The lowest BCUT2D eigenvalue weighted by atomic mass is 10.1. The molecular weight excluding hydrogens is 185 g/mol. The van der Waals surface area contributed by atoms with Crippen LogP contribution in [-0.2, 0) is 0 Å². The van der Waals surface area contributed by atoms with Crippen LogP contribution in [0, 0.1) is 5.82 Å². The Labute approximate surface area is 79.2 Å². The van der Waals surface area contributed by atoms with E-state index in [9.17, 15) is 4.39 Å². The number of aromatic hydroxyl groups is 1. The second kappa shape index (κ2) is 3.02. The Morgan fingerprint density at radius 3 is 2.71 bits per heavy atom. The summed E-state index contributed by atoms with van der Waals surface area (Å²) in [5.41, 5.74) is 6.19. The topological polar surface area (TPSA) is 74.9 Å². The molecule has 5 heteroatoms. The van der Waals surface area contributed by atoms with Crippen LogP contribution < -0.4 is 5.73 Å². The second-order valence-electron chi connectivity index (χ2n) is 2.87. The normalized spacial score (nSPS) is 10.4. The molecule has 72 valence electrons. The van der Waals surface area contributed by atoms with Gasteiger partial charge in [0.2, 0.25) is 0 Å². The van der Waals surface area contributed by atoms with Gasteiger partial charge >= 0.3 is 0 Å². The highest BCUT2D eigenvalue weighted by Gasteiger charge is 2.07. The minimum absolute atomic E-state index is 0.112. The minimum atomic E-state index is -0.520. The number of nitrogens with zero attached hydrogens (tertiary/aromatic N) is 1. The first kappa shape index (κ1) is 8.55. The summed E-state index contributed by atoms with van der Waals surface area (Å²) < 4.78 is 13.3. The van der Waals surface area contributed by atoms with Crippen molar-refractivity contribution in [2.24, 2.45) is 0 Å². The molecule has 4 N–H and O–H groups in total. The summed E-state index contributed by atoms with van der Waals surface area (Å²) in [5, 5.41) is 15.3. The number of aromatic nitrogens is 2. The number of aromatic amines is 1. The number of nitrogens with two attached hydrogens (primary N) is 1. The van der Waals surface area contributed by atoms with Crippen LogP contribution in [0.15, 0.2) is 24.3 Å². The van der Waals surface area contributed by atoms with Crippen molar-refractivity contribution in [1.82, 2.24) is 10.2 Å². The van der Waals surface area contributed by atoms with E-state index in [1.807, 2.05) is 0 Å². The van der Waals surface area contributed by atoms with E-state index in [1.54, 1.807) is 0 Å². The van der Waals surface area contributed by atoms with Gasteiger partial charge in [-0.05, 0) is 12.1 Å². The Hall–Kier alpha value is -2.04. The van der Waals surface area contributed by atoms with Gasteiger partial charge in [-0.3, -0.25) is 5.10 Å². The summed E-state index contributed by atoms with van der Waals surface area (Å²) in [5.74, 6) is -0.333. The third-order valence-electron chi connectivity index (χ3n) is 1.84. The van der Waals surface area contributed by atoms with Crippen molar-refractivity contribution in [2.75, 3.05) is 5.73 Å². The monoisotopic (exact) mass is 193 g/mol. The van der Waals surface area contributed by atoms with Gasteiger partial charge in [-0.25, -0.2) is 4.39 Å². The number of phenols is 1. The number of halogens is 1. The molecule has 0 saturated carbocycles. The number of hydrogen-bond acceptors (Lipinski definition) is 3. The standard InChI is InChI=1S/C9H8FN3O/c10-7-3-5(14)1-2-6(7)8-4-9(11)13-12-8/h1-4,14H,(H3,11,12,13). The first-order valence-electron chi connectivity index (χ1n) is 3.96. The van der Waals surface area contributed by atoms with Gasteiger partial charge in [-0.1, -0.05) is 0 Å². The Kier molecular flexibility index (Phi) is 1.85. The highest BCUT2D eigenvalue weighted by molar-refractivity contribution is 5.63. The first-order chi connectivity index (χ1) is 6.66. The van der Waals surface area contributed by atoms with E-state index in [-0.39, 0.29) is 5.75 Å². The van der Waals surface area contributed by atoms with Crippen LogP contribution in [0.2, 0.25) is 0 Å². The number of phenolic OH excluding ortho intramolecular Hbond substituents is 1. The molecule has 0 bridgehead atoms. The van der Waals surface area contributed by atoms with E-state index in [0.29, 0.717) is 17.1 Å². The van der Waals surface area contributed by atoms with Crippen molar-refractivity contribution in [3.63, 3.8) is 0 Å². The number of H-pyrrole nitrogens is 1. The van der Waals surface area contributed by atoms with Crippen LogP contribution in [-0.4, -0.2) is 15.3 Å². The fraction of sp³-hybridized carbons (Fsp3) is 0. The maximum absolute atomic E-state index is 13.3. The molecule has 2 aromatic rings. The van der Waals surface area contributed by atoms with E-state index in [4.69, 9.17) is 10.8 Å².